The predicted molar refractivity (Wildman–Crippen MR) is 99.3 cm³/mol. The van der Waals surface area contributed by atoms with Crippen molar-refractivity contribution in [3.8, 4) is 0 Å². The molecule has 0 amide bonds. The molecule has 2 fully saturated rings. The van der Waals surface area contributed by atoms with Gasteiger partial charge in [-0.15, -0.1) is 0 Å². The lowest BCUT2D eigenvalue weighted by molar-refractivity contribution is -0.137. The number of carboxylic acid groups (broad SMARTS) is 1. The maximum Gasteiger partial charge on any atom is 0.304 e. The van der Waals surface area contributed by atoms with Crippen LogP contribution in [-0.2, 0) is 4.79 Å². The van der Waals surface area contributed by atoms with Crippen LogP contribution in [0.15, 0.2) is 4.52 Å². The summed E-state index contributed by atoms with van der Waals surface area (Å²) in [5.41, 5.74) is 2.43. The van der Waals surface area contributed by atoms with E-state index in [4.69, 9.17) is 9.63 Å². The largest absolute Gasteiger partial charge is 0.481 e. The van der Waals surface area contributed by atoms with E-state index in [1.54, 1.807) is 0 Å². The molecule has 1 heterocycles. The summed E-state index contributed by atoms with van der Waals surface area (Å²) in [5, 5.41) is 22.8. The minimum atomic E-state index is -0.812. The molecule has 0 aromatic carbocycles. The Morgan fingerprint density at radius 1 is 1.27 bits per heavy atom. The number of rotatable bonds is 9. The van der Waals surface area contributed by atoms with Crippen molar-refractivity contribution < 1.29 is 19.5 Å². The van der Waals surface area contributed by atoms with Crippen LogP contribution in [0.4, 0.5) is 0 Å². The number of aliphatic hydroxyl groups excluding tert-OH is 1. The van der Waals surface area contributed by atoms with Gasteiger partial charge < -0.3 is 14.7 Å². The van der Waals surface area contributed by atoms with Crippen LogP contribution in [0, 0.1) is 11.3 Å². The molecule has 2 aliphatic rings. The van der Waals surface area contributed by atoms with E-state index in [2.05, 4.69) is 25.9 Å². The number of nitrogens with zero attached hydrogens (tertiary/aromatic N) is 1. The van der Waals surface area contributed by atoms with Crippen molar-refractivity contribution in [2.45, 2.75) is 89.9 Å². The Kier molecular flexibility index (Phi) is 5.75. The summed E-state index contributed by atoms with van der Waals surface area (Å²) >= 11 is 0. The van der Waals surface area contributed by atoms with Gasteiger partial charge in [0.15, 0.2) is 0 Å². The summed E-state index contributed by atoms with van der Waals surface area (Å²) < 4.78 is 5.82. The normalized spacial score (nSPS) is 24.3. The smallest absolute Gasteiger partial charge is 0.304 e. The number of hydrogen-bond acceptors (Lipinski definition) is 4. The van der Waals surface area contributed by atoms with Gasteiger partial charge >= 0.3 is 5.97 Å². The third-order valence-corrected chi connectivity index (χ3v) is 5.80. The van der Waals surface area contributed by atoms with Crippen molar-refractivity contribution in [3.63, 3.8) is 0 Å². The Balaban J connectivity index is 1.75. The molecule has 5 nitrogen and oxygen atoms in total. The van der Waals surface area contributed by atoms with Crippen molar-refractivity contribution in [2.75, 3.05) is 6.61 Å². The Morgan fingerprint density at radius 3 is 2.50 bits per heavy atom. The maximum absolute atomic E-state index is 11.3. The Bertz CT molecular complexity index is 620. The van der Waals surface area contributed by atoms with Gasteiger partial charge in [-0.05, 0) is 62.2 Å². The van der Waals surface area contributed by atoms with E-state index in [-0.39, 0.29) is 18.9 Å². The third-order valence-electron chi connectivity index (χ3n) is 5.80. The van der Waals surface area contributed by atoms with Gasteiger partial charge in [-0.3, -0.25) is 4.79 Å². The topological polar surface area (TPSA) is 83.6 Å². The Morgan fingerprint density at radius 2 is 1.96 bits per heavy atom. The molecule has 3 rings (SSSR count). The highest BCUT2D eigenvalue weighted by Crippen LogP contribution is 2.53. The first-order valence-corrected chi connectivity index (χ1v) is 10.1. The average molecular weight is 363 g/mol. The van der Waals surface area contributed by atoms with E-state index in [9.17, 15) is 9.90 Å². The van der Waals surface area contributed by atoms with Crippen LogP contribution in [0.5, 0.6) is 0 Å². The highest BCUT2D eigenvalue weighted by Gasteiger charge is 2.42. The Labute approximate surface area is 156 Å². The van der Waals surface area contributed by atoms with E-state index in [1.165, 1.54) is 12.0 Å². The summed E-state index contributed by atoms with van der Waals surface area (Å²) in [4.78, 5) is 11.3. The molecule has 1 aromatic heterocycles. The lowest BCUT2D eigenvalue weighted by Crippen LogP contribution is -2.26. The van der Waals surface area contributed by atoms with E-state index >= 15 is 0 Å². The lowest BCUT2D eigenvalue weighted by atomic mass is 9.66. The van der Waals surface area contributed by atoms with E-state index < -0.39 is 5.97 Å². The van der Waals surface area contributed by atoms with Crippen molar-refractivity contribution in [1.29, 1.82) is 0 Å². The molecule has 26 heavy (non-hydrogen) atoms. The molecule has 2 aliphatic carbocycles. The molecular formula is C21H33NO4. The summed E-state index contributed by atoms with van der Waals surface area (Å²) in [6.07, 6.45) is 7.16. The van der Waals surface area contributed by atoms with E-state index in [1.807, 2.05) is 0 Å². The molecule has 0 spiro atoms. The number of carboxylic acids is 1. The molecule has 1 unspecified atom stereocenters. The second-order valence-electron chi connectivity index (χ2n) is 9.58. The fourth-order valence-corrected chi connectivity index (χ4v) is 4.56. The molecule has 1 aromatic rings. The van der Waals surface area contributed by atoms with Gasteiger partial charge in [0, 0.05) is 24.0 Å². The standard InChI is InChI=1S/C21H33NO4/c1-21(2,3)12-13-9-16(10-13)20-18(14-6-7-14)19(22-26-20)15(5-4-8-23)11-17(24)25/h13-16,23H,4-12H2,1-3H3,(H,24,25). The van der Waals surface area contributed by atoms with Gasteiger partial charge in [-0.25, -0.2) is 0 Å². The minimum Gasteiger partial charge on any atom is -0.481 e. The van der Waals surface area contributed by atoms with Crippen LogP contribution in [-0.4, -0.2) is 27.9 Å². The fraction of sp³-hybridized carbons (Fsp3) is 0.810. The van der Waals surface area contributed by atoms with Crippen molar-refractivity contribution in [2.24, 2.45) is 11.3 Å². The monoisotopic (exact) mass is 363 g/mol. The second kappa shape index (κ2) is 7.71. The molecule has 1 atom stereocenters. The van der Waals surface area contributed by atoms with Crippen LogP contribution < -0.4 is 0 Å². The highest BCUT2D eigenvalue weighted by atomic mass is 16.5. The molecule has 2 N–H and O–H groups in total. The molecule has 0 bridgehead atoms. The van der Waals surface area contributed by atoms with Crippen LogP contribution in [0.25, 0.3) is 0 Å². The van der Waals surface area contributed by atoms with Crippen LogP contribution in [0.1, 0.15) is 107 Å². The zero-order valence-corrected chi connectivity index (χ0v) is 16.3. The van der Waals surface area contributed by atoms with Crippen LogP contribution >= 0.6 is 0 Å². The number of aliphatic hydroxyl groups is 1. The molecular weight excluding hydrogens is 330 g/mol. The summed E-state index contributed by atoms with van der Waals surface area (Å²) in [5.74, 6) is 1.77. The van der Waals surface area contributed by atoms with Crippen LogP contribution in [0.3, 0.4) is 0 Å². The first-order chi connectivity index (χ1) is 12.3. The second-order valence-corrected chi connectivity index (χ2v) is 9.58. The minimum absolute atomic E-state index is 0.0585. The summed E-state index contributed by atoms with van der Waals surface area (Å²) in [6.45, 7) is 6.96. The van der Waals surface area contributed by atoms with Crippen molar-refractivity contribution in [1.82, 2.24) is 5.16 Å². The van der Waals surface area contributed by atoms with Gasteiger partial charge in [-0.1, -0.05) is 25.9 Å². The summed E-state index contributed by atoms with van der Waals surface area (Å²) in [6, 6.07) is 0. The van der Waals surface area contributed by atoms with Crippen molar-refractivity contribution in [3.05, 3.63) is 17.0 Å². The van der Waals surface area contributed by atoms with Gasteiger partial charge in [0.25, 0.3) is 0 Å². The highest BCUT2D eigenvalue weighted by molar-refractivity contribution is 5.68. The zero-order valence-electron chi connectivity index (χ0n) is 16.3. The fourth-order valence-electron chi connectivity index (χ4n) is 4.56. The Hall–Kier alpha value is -1.36. The molecule has 5 heteroatoms. The third kappa shape index (κ3) is 4.67. The number of aliphatic carboxylic acids is 1. The first kappa shape index (κ1) is 19.4. The van der Waals surface area contributed by atoms with Gasteiger partial charge in [0.2, 0.25) is 0 Å². The van der Waals surface area contributed by atoms with Gasteiger partial charge in [0.1, 0.15) is 5.76 Å². The average Bonchev–Trinajstić information content (AvgIpc) is 3.25. The summed E-state index contributed by atoms with van der Waals surface area (Å²) in [7, 11) is 0. The van der Waals surface area contributed by atoms with Gasteiger partial charge in [-0.2, -0.15) is 0 Å². The molecule has 0 saturated heterocycles. The zero-order chi connectivity index (χ0) is 18.9. The molecule has 146 valence electrons. The first-order valence-electron chi connectivity index (χ1n) is 10.1. The molecule has 0 radical (unpaired) electrons. The predicted octanol–water partition coefficient (Wildman–Crippen LogP) is 4.81. The number of aromatic nitrogens is 1. The maximum atomic E-state index is 11.3. The number of hydrogen-bond donors (Lipinski definition) is 2. The number of carbonyl (C=O) groups is 1. The SMILES string of the molecule is CC(C)(C)CC1CC(c2onc(C(CCCO)CC(=O)O)c2C2CC2)C1. The lowest BCUT2D eigenvalue weighted by Gasteiger charge is -2.38. The van der Waals surface area contributed by atoms with Gasteiger partial charge in [0.05, 0.1) is 12.1 Å². The van der Waals surface area contributed by atoms with Crippen LogP contribution in [0.2, 0.25) is 0 Å². The molecule has 2 saturated carbocycles. The van der Waals surface area contributed by atoms with Crippen molar-refractivity contribution >= 4 is 5.97 Å². The quantitative estimate of drug-likeness (QED) is 0.657. The van der Waals surface area contributed by atoms with E-state index in [0.29, 0.717) is 30.1 Å². The van der Waals surface area contributed by atoms with E-state index in [0.717, 1.165) is 43.1 Å². The molecule has 0 aliphatic heterocycles.